The Morgan fingerprint density at radius 3 is 2.72 bits per heavy atom. The lowest BCUT2D eigenvalue weighted by Crippen LogP contribution is -2.44. The molecule has 0 spiro atoms. The van der Waals surface area contributed by atoms with Crippen LogP contribution in [0.4, 0.5) is 0 Å². The van der Waals surface area contributed by atoms with E-state index in [2.05, 4.69) is 10.2 Å². The van der Waals surface area contributed by atoms with Crippen LogP contribution in [0.25, 0.3) is 0 Å². The predicted molar refractivity (Wildman–Crippen MR) is 70.6 cm³/mol. The maximum Gasteiger partial charge on any atom is 0.0791 e. The summed E-state index contributed by atoms with van der Waals surface area (Å²) in [5, 5.41) is 13.6. The van der Waals surface area contributed by atoms with Crippen molar-refractivity contribution in [1.82, 2.24) is 10.2 Å². The normalized spacial score (nSPS) is 35.2. The van der Waals surface area contributed by atoms with Crippen molar-refractivity contribution in [2.24, 2.45) is 5.92 Å². The van der Waals surface area contributed by atoms with E-state index in [1.807, 2.05) is 0 Å². The number of nitrogens with zero attached hydrogens (tertiary/aromatic N) is 1. The molecule has 3 rings (SSSR count). The molecule has 3 unspecified atom stereocenters. The molecule has 0 bridgehead atoms. The number of likely N-dealkylation sites (tertiary alicyclic amines) is 1. The summed E-state index contributed by atoms with van der Waals surface area (Å²) in [5.41, 5.74) is 0. The number of hydrogen-bond donors (Lipinski definition) is 2. The van der Waals surface area contributed by atoms with Crippen LogP contribution in [0.2, 0.25) is 0 Å². The molecule has 104 valence electrons. The molecule has 4 nitrogen and oxygen atoms in total. The largest absolute Gasteiger partial charge is 0.390 e. The Morgan fingerprint density at radius 2 is 2.00 bits per heavy atom. The van der Waals surface area contributed by atoms with Gasteiger partial charge in [0.1, 0.15) is 0 Å². The number of nitrogens with one attached hydrogen (secondary N) is 1. The maximum absolute atomic E-state index is 10.1. The Hall–Kier alpha value is -0.160. The first kappa shape index (κ1) is 12.9. The first-order valence-corrected chi connectivity index (χ1v) is 7.58. The molecule has 0 radical (unpaired) electrons. The molecule has 1 saturated carbocycles. The number of ether oxygens (including phenoxy) is 1. The molecule has 3 fully saturated rings. The third kappa shape index (κ3) is 3.23. The summed E-state index contributed by atoms with van der Waals surface area (Å²) < 4.78 is 5.80. The van der Waals surface area contributed by atoms with Gasteiger partial charge in [-0.15, -0.1) is 0 Å². The molecule has 18 heavy (non-hydrogen) atoms. The fourth-order valence-electron chi connectivity index (χ4n) is 3.33. The Morgan fingerprint density at radius 1 is 1.22 bits per heavy atom. The minimum atomic E-state index is -0.233. The standard InChI is InChI=1S/C14H26N2O2/c17-12(10-16-6-1-2-7-16)9-15-13-5-8-18-14(13)11-3-4-11/h11-15,17H,1-10H2. The minimum Gasteiger partial charge on any atom is -0.390 e. The first-order valence-electron chi connectivity index (χ1n) is 7.58. The quantitative estimate of drug-likeness (QED) is 0.728. The van der Waals surface area contributed by atoms with Gasteiger partial charge in [-0.25, -0.2) is 0 Å². The Kier molecular flexibility index (Phi) is 4.19. The van der Waals surface area contributed by atoms with Gasteiger partial charge >= 0.3 is 0 Å². The lowest BCUT2D eigenvalue weighted by atomic mass is 10.1. The molecule has 1 aliphatic carbocycles. The molecular weight excluding hydrogens is 228 g/mol. The summed E-state index contributed by atoms with van der Waals surface area (Å²) in [7, 11) is 0. The van der Waals surface area contributed by atoms with Gasteiger partial charge in [-0.2, -0.15) is 0 Å². The topological polar surface area (TPSA) is 44.7 Å². The van der Waals surface area contributed by atoms with Crippen LogP contribution >= 0.6 is 0 Å². The van der Waals surface area contributed by atoms with Gasteiger partial charge in [-0.05, 0) is 51.1 Å². The molecule has 0 aromatic rings. The summed E-state index contributed by atoms with van der Waals surface area (Å²) in [6.45, 7) is 4.76. The second kappa shape index (κ2) is 5.87. The zero-order valence-electron chi connectivity index (χ0n) is 11.2. The van der Waals surface area contributed by atoms with Crippen LogP contribution in [0.15, 0.2) is 0 Å². The lowest BCUT2D eigenvalue weighted by molar-refractivity contribution is 0.0737. The highest BCUT2D eigenvalue weighted by atomic mass is 16.5. The summed E-state index contributed by atoms with van der Waals surface area (Å²) >= 11 is 0. The fourth-order valence-corrected chi connectivity index (χ4v) is 3.33. The third-order valence-corrected chi connectivity index (χ3v) is 4.51. The average Bonchev–Trinajstić information content (AvgIpc) is 2.90. The second-order valence-electron chi connectivity index (χ2n) is 6.14. The highest BCUT2D eigenvalue weighted by molar-refractivity contribution is 4.93. The van der Waals surface area contributed by atoms with Crippen molar-refractivity contribution >= 4 is 0 Å². The van der Waals surface area contributed by atoms with Crippen LogP contribution in [0.1, 0.15) is 32.1 Å². The molecule has 0 aromatic heterocycles. The van der Waals surface area contributed by atoms with Gasteiger partial charge in [0.15, 0.2) is 0 Å². The number of aliphatic hydroxyl groups is 1. The molecule has 2 aliphatic heterocycles. The second-order valence-corrected chi connectivity index (χ2v) is 6.14. The van der Waals surface area contributed by atoms with Crippen molar-refractivity contribution in [2.75, 3.05) is 32.8 Å². The van der Waals surface area contributed by atoms with Crippen LogP contribution in [-0.2, 0) is 4.74 Å². The van der Waals surface area contributed by atoms with E-state index in [1.54, 1.807) is 0 Å². The Balaban J connectivity index is 1.37. The molecule has 2 N–H and O–H groups in total. The number of β-amino-alcohol motifs (C(OH)–C–C–N with tert-alkyl or cyclic N) is 1. The van der Waals surface area contributed by atoms with Crippen LogP contribution in [0, 0.1) is 5.92 Å². The number of hydrogen-bond acceptors (Lipinski definition) is 4. The van der Waals surface area contributed by atoms with E-state index in [4.69, 9.17) is 4.74 Å². The van der Waals surface area contributed by atoms with Crippen molar-refractivity contribution in [3.8, 4) is 0 Å². The van der Waals surface area contributed by atoms with E-state index >= 15 is 0 Å². The monoisotopic (exact) mass is 254 g/mol. The zero-order valence-corrected chi connectivity index (χ0v) is 11.2. The van der Waals surface area contributed by atoms with Gasteiger partial charge in [0.2, 0.25) is 0 Å². The van der Waals surface area contributed by atoms with Gasteiger partial charge < -0.3 is 20.1 Å². The van der Waals surface area contributed by atoms with Crippen molar-refractivity contribution in [3.63, 3.8) is 0 Å². The smallest absolute Gasteiger partial charge is 0.0791 e. The van der Waals surface area contributed by atoms with E-state index in [0.717, 1.165) is 38.6 Å². The maximum atomic E-state index is 10.1. The zero-order chi connectivity index (χ0) is 12.4. The van der Waals surface area contributed by atoms with Crippen molar-refractivity contribution < 1.29 is 9.84 Å². The van der Waals surface area contributed by atoms with Gasteiger partial charge in [-0.3, -0.25) is 0 Å². The van der Waals surface area contributed by atoms with Crippen molar-refractivity contribution in [3.05, 3.63) is 0 Å². The molecule has 3 atom stereocenters. The molecule has 0 amide bonds. The highest BCUT2D eigenvalue weighted by Crippen LogP contribution is 2.38. The predicted octanol–water partition coefficient (Wildman–Crippen LogP) is 0.600. The van der Waals surface area contributed by atoms with Crippen LogP contribution in [0.3, 0.4) is 0 Å². The van der Waals surface area contributed by atoms with Gasteiger partial charge in [0.25, 0.3) is 0 Å². The van der Waals surface area contributed by atoms with Gasteiger partial charge in [0, 0.05) is 25.7 Å². The minimum absolute atomic E-state index is 0.233. The van der Waals surface area contributed by atoms with Crippen LogP contribution in [0.5, 0.6) is 0 Å². The van der Waals surface area contributed by atoms with E-state index < -0.39 is 0 Å². The van der Waals surface area contributed by atoms with Gasteiger partial charge in [0.05, 0.1) is 12.2 Å². The summed E-state index contributed by atoms with van der Waals surface area (Å²) in [6, 6.07) is 0.478. The molecular formula is C14H26N2O2. The van der Waals surface area contributed by atoms with Crippen molar-refractivity contribution in [2.45, 2.75) is 50.4 Å². The third-order valence-electron chi connectivity index (χ3n) is 4.51. The first-order chi connectivity index (χ1) is 8.83. The van der Waals surface area contributed by atoms with Gasteiger partial charge in [-0.1, -0.05) is 0 Å². The molecule has 3 aliphatic rings. The summed E-state index contributed by atoms with van der Waals surface area (Å²) in [5.74, 6) is 0.792. The number of rotatable bonds is 6. The van der Waals surface area contributed by atoms with E-state index in [9.17, 15) is 5.11 Å². The molecule has 2 saturated heterocycles. The summed E-state index contributed by atoms with van der Waals surface area (Å²) in [6.07, 6.45) is 6.55. The number of aliphatic hydroxyl groups excluding tert-OH is 1. The highest BCUT2D eigenvalue weighted by Gasteiger charge is 2.40. The summed E-state index contributed by atoms with van der Waals surface area (Å²) in [4.78, 5) is 2.37. The van der Waals surface area contributed by atoms with Crippen molar-refractivity contribution in [1.29, 1.82) is 0 Å². The fraction of sp³-hybridized carbons (Fsp3) is 1.00. The van der Waals surface area contributed by atoms with E-state index in [0.29, 0.717) is 18.7 Å². The SMILES string of the molecule is OC(CNC1CCOC1C1CC1)CN1CCCC1. The average molecular weight is 254 g/mol. The van der Waals surface area contributed by atoms with E-state index in [-0.39, 0.29) is 6.10 Å². The molecule has 4 heteroatoms. The Bertz CT molecular complexity index is 265. The van der Waals surface area contributed by atoms with Crippen LogP contribution in [-0.4, -0.2) is 61.0 Å². The Labute approximate surface area is 110 Å². The molecule has 0 aromatic carbocycles. The van der Waals surface area contributed by atoms with E-state index in [1.165, 1.54) is 25.7 Å². The van der Waals surface area contributed by atoms with Crippen LogP contribution < -0.4 is 5.32 Å². The lowest BCUT2D eigenvalue weighted by Gasteiger charge is -2.23. The molecule has 2 heterocycles.